The molecule has 1 saturated heterocycles. The van der Waals surface area contributed by atoms with Crippen LogP contribution in [0.4, 0.5) is 0 Å². The number of fused-ring (bicyclic) bond motifs is 1. The van der Waals surface area contributed by atoms with Crippen molar-refractivity contribution < 1.29 is 9.47 Å². The van der Waals surface area contributed by atoms with Crippen LogP contribution in [0.1, 0.15) is 30.0 Å². The first-order valence-corrected chi connectivity index (χ1v) is 9.55. The van der Waals surface area contributed by atoms with E-state index in [9.17, 15) is 10.1 Å². The number of benzene rings is 2. The Morgan fingerprint density at radius 3 is 2.68 bits per heavy atom. The highest BCUT2D eigenvalue weighted by Crippen LogP contribution is 2.28. The molecule has 28 heavy (non-hydrogen) atoms. The van der Waals surface area contributed by atoms with Crippen molar-refractivity contribution in [3.05, 3.63) is 63.0 Å². The van der Waals surface area contributed by atoms with Crippen molar-refractivity contribution in [2.45, 2.75) is 25.4 Å². The van der Waals surface area contributed by atoms with Crippen molar-refractivity contribution in [2.24, 2.45) is 0 Å². The molecule has 0 atom stereocenters. The summed E-state index contributed by atoms with van der Waals surface area (Å²) < 4.78 is 14.2. The predicted molar refractivity (Wildman–Crippen MR) is 107 cm³/mol. The summed E-state index contributed by atoms with van der Waals surface area (Å²) in [6, 6.07) is 13.1. The molecule has 0 spiro atoms. The number of rotatable bonds is 4. The first-order chi connectivity index (χ1) is 13.6. The molecule has 7 heteroatoms. The molecular formula is C21H20ClN3O3. The Hall–Kier alpha value is -2.75. The molecule has 6 nitrogen and oxygen atoms in total. The maximum atomic E-state index is 13.3. The molecule has 1 fully saturated rings. The Labute approximate surface area is 167 Å². The van der Waals surface area contributed by atoms with Crippen molar-refractivity contribution in [3.63, 3.8) is 0 Å². The van der Waals surface area contributed by atoms with Gasteiger partial charge in [-0.25, -0.2) is 4.79 Å². The highest BCUT2D eigenvalue weighted by atomic mass is 35.5. The van der Waals surface area contributed by atoms with Crippen LogP contribution < -0.4 is 10.4 Å². The Kier molecular flexibility index (Phi) is 5.12. The maximum absolute atomic E-state index is 13.3. The minimum absolute atomic E-state index is 0.0797. The van der Waals surface area contributed by atoms with E-state index in [-0.39, 0.29) is 11.7 Å². The van der Waals surface area contributed by atoms with Crippen LogP contribution in [0.5, 0.6) is 5.75 Å². The number of hydrogen-bond donors (Lipinski definition) is 0. The van der Waals surface area contributed by atoms with Crippen molar-refractivity contribution in [3.8, 4) is 11.8 Å². The quantitative estimate of drug-likeness (QED) is 0.672. The minimum Gasteiger partial charge on any atom is -0.495 e. The normalized spacial score (nSPS) is 14.9. The lowest BCUT2D eigenvalue weighted by Gasteiger charge is -2.23. The average Bonchev–Trinajstić information content (AvgIpc) is 2.99. The van der Waals surface area contributed by atoms with Crippen LogP contribution in [0.25, 0.3) is 11.0 Å². The average molecular weight is 398 g/mol. The summed E-state index contributed by atoms with van der Waals surface area (Å²) in [4.78, 5) is 13.3. The van der Waals surface area contributed by atoms with Crippen molar-refractivity contribution in [1.82, 2.24) is 9.13 Å². The molecule has 0 radical (unpaired) electrons. The van der Waals surface area contributed by atoms with Gasteiger partial charge >= 0.3 is 5.69 Å². The van der Waals surface area contributed by atoms with E-state index >= 15 is 0 Å². The molecule has 1 aliphatic heterocycles. The Morgan fingerprint density at radius 1 is 1.21 bits per heavy atom. The molecule has 0 amide bonds. The first kappa shape index (κ1) is 18.6. The van der Waals surface area contributed by atoms with Crippen LogP contribution in [0.3, 0.4) is 0 Å². The number of imidazole rings is 1. The van der Waals surface area contributed by atoms with Gasteiger partial charge in [0.1, 0.15) is 5.75 Å². The molecule has 144 valence electrons. The minimum atomic E-state index is -0.0797. The zero-order chi connectivity index (χ0) is 19.7. The third kappa shape index (κ3) is 3.28. The molecule has 0 N–H and O–H groups in total. The monoisotopic (exact) mass is 397 g/mol. The molecule has 3 aromatic rings. The zero-order valence-corrected chi connectivity index (χ0v) is 16.3. The second kappa shape index (κ2) is 7.70. The third-order valence-electron chi connectivity index (χ3n) is 5.20. The van der Waals surface area contributed by atoms with E-state index in [0.29, 0.717) is 36.1 Å². The van der Waals surface area contributed by atoms with Gasteiger partial charge in [0, 0.05) is 19.3 Å². The van der Waals surface area contributed by atoms with Crippen LogP contribution in [-0.4, -0.2) is 29.5 Å². The van der Waals surface area contributed by atoms with E-state index in [4.69, 9.17) is 21.1 Å². The fourth-order valence-corrected chi connectivity index (χ4v) is 4.07. The van der Waals surface area contributed by atoms with Crippen LogP contribution >= 0.6 is 11.6 Å². The number of halogens is 1. The summed E-state index contributed by atoms with van der Waals surface area (Å²) in [6.07, 6.45) is 1.60. The van der Waals surface area contributed by atoms with Crippen molar-refractivity contribution >= 4 is 22.6 Å². The Bertz CT molecular complexity index is 1120. The summed E-state index contributed by atoms with van der Waals surface area (Å²) in [6.45, 7) is 1.66. The summed E-state index contributed by atoms with van der Waals surface area (Å²) in [5.41, 5.74) is 2.93. The highest BCUT2D eigenvalue weighted by molar-refractivity contribution is 6.32. The second-order valence-corrected chi connectivity index (χ2v) is 7.27. The number of nitriles is 1. The van der Waals surface area contributed by atoms with Crippen LogP contribution in [0.15, 0.2) is 41.2 Å². The van der Waals surface area contributed by atoms with Gasteiger partial charge in [0.05, 0.1) is 41.3 Å². The lowest BCUT2D eigenvalue weighted by atomic mass is 10.1. The van der Waals surface area contributed by atoms with E-state index in [1.807, 2.05) is 16.7 Å². The zero-order valence-electron chi connectivity index (χ0n) is 15.5. The number of aromatic nitrogens is 2. The molecular weight excluding hydrogens is 378 g/mol. The van der Waals surface area contributed by atoms with Crippen molar-refractivity contribution in [1.29, 1.82) is 5.26 Å². The fourth-order valence-electron chi connectivity index (χ4n) is 3.79. The van der Waals surface area contributed by atoms with E-state index in [2.05, 4.69) is 6.07 Å². The van der Waals surface area contributed by atoms with Gasteiger partial charge < -0.3 is 9.47 Å². The van der Waals surface area contributed by atoms with Crippen LogP contribution in [0.2, 0.25) is 5.02 Å². The van der Waals surface area contributed by atoms with E-state index in [1.54, 1.807) is 35.9 Å². The second-order valence-electron chi connectivity index (χ2n) is 6.87. The number of hydrogen-bond acceptors (Lipinski definition) is 4. The molecule has 2 heterocycles. The molecule has 0 unspecified atom stereocenters. The number of nitrogens with zero attached hydrogens (tertiary/aromatic N) is 3. The molecule has 0 aliphatic carbocycles. The van der Waals surface area contributed by atoms with Gasteiger partial charge in [0.2, 0.25) is 0 Å². The van der Waals surface area contributed by atoms with Gasteiger partial charge in [-0.3, -0.25) is 9.13 Å². The lowest BCUT2D eigenvalue weighted by Crippen LogP contribution is -2.30. The largest absolute Gasteiger partial charge is 0.495 e. The predicted octanol–water partition coefficient (Wildman–Crippen LogP) is 3.74. The summed E-state index contributed by atoms with van der Waals surface area (Å²) in [5.74, 6) is 0.592. The lowest BCUT2D eigenvalue weighted by molar-refractivity contribution is 0.0696. The van der Waals surface area contributed by atoms with Gasteiger partial charge in [-0.15, -0.1) is 0 Å². The Morgan fingerprint density at radius 2 is 2.00 bits per heavy atom. The fraction of sp³-hybridized carbons (Fsp3) is 0.333. The SMILES string of the molecule is COc1ccc(Cn2c(=O)n(C3CCOCC3)c3ccc(C#N)cc32)cc1Cl. The summed E-state index contributed by atoms with van der Waals surface area (Å²) >= 11 is 6.25. The summed E-state index contributed by atoms with van der Waals surface area (Å²) in [7, 11) is 1.57. The van der Waals surface area contributed by atoms with E-state index < -0.39 is 0 Å². The van der Waals surface area contributed by atoms with Crippen LogP contribution in [0, 0.1) is 11.3 Å². The number of ether oxygens (including phenoxy) is 2. The van der Waals surface area contributed by atoms with Gasteiger partial charge in [-0.1, -0.05) is 17.7 Å². The highest BCUT2D eigenvalue weighted by Gasteiger charge is 2.23. The van der Waals surface area contributed by atoms with E-state index in [0.717, 1.165) is 29.4 Å². The smallest absolute Gasteiger partial charge is 0.329 e. The molecule has 1 aromatic heterocycles. The molecule has 2 aromatic carbocycles. The Balaban J connectivity index is 1.84. The maximum Gasteiger partial charge on any atom is 0.329 e. The van der Waals surface area contributed by atoms with Crippen molar-refractivity contribution in [2.75, 3.05) is 20.3 Å². The van der Waals surface area contributed by atoms with E-state index in [1.165, 1.54) is 0 Å². The third-order valence-corrected chi connectivity index (χ3v) is 5.50. The molecule has 0 bridgehead atoms. The van der Waals surface area contributed by atoms with Gasteiger partial charge in [-0.2, -0.15) is 5.26 Å². The standard InChI is InChI=1S/C21H20ClN3O3/c1-27-20-5-3-15(10-17(20)22)13-24-19-11-14(12-23)2-4-18(19)25(21(24)26)16-6-8-28-9-7-16/h2-5,10-11,16H,6-9,13H2,1H3. The summed E-state index contributed by atoms with van der Waals surface area (Å²) in [5, 5.41) is 9.80. The molecule has 1 aliphatic rings. The molecule has 4 rings (SSSR count). The van der Waals surface area contributed by atoms with Gasteiger partial charge in [-0.05, 0) is 48.7 Å². The first-order valence-electron chi connectivity index (χ1n) is 9.17. The number of methoxy groups -OCH3 is 1. The van der Waals surface area contributed by atoms with Gasteiger partial charge in [0.15, 0.2) is 0 Å². The topological polar surface area (TPSA) is 69.2 Å². The molecule has 0 saturated carbocycles. The van der Waals surface area contributed by atoms with Crippen LogP contribution in [-0.2, 0) is 11.3 Å². The van der Waals surface area contributed by atoms with Gasteiger partial charge in [0.25, 0.3) is 0 Å².